The second-order valence-electron chi connectivity index (χ2n) is 6.06. The van der Waals surface area contributed by atoms with Crippen LogP contribution in [-0.4, -0.2) is 25.1 Å². The highest BCUT2D eigenvalue weighted by molar-refractivity contribution is 5.54. The Hall–Kier alpha value is -2.54. The molecule has 0 unspecified atom stereocenters. The highest BCUT2D eigenvalue weighted by Gasteiger charge is 2.12. The summed E-state index contributed by atoms with van der Waals surface area (Å²) in [7, 11) is 1.97. The summed E-state index contributed by atoms with van der Waals surface area (Å²) < 4.78 is 0. The van der Waals surface area contributed by atoms with Crippen LogP contribution in [-0.2, 0) is 6.54 Å². The average Bonchev–Trinajstić information content (AvgIpc) is 2.63. The predicted octanol–water partition coefficient (Wildman–Crippen LogP) is 3.58. The maximum absolute atomic E-state index is 9.19. The third kappa shape index (κ3) is 3.62. The fourth-order valence-corrected chi connectivity index (χ4v) is 3.10. The molecule has 2 heterocycles. The first-order chi connectivity index (χ1) is 11.3. The molecule has 1 aliphatic rings. The first kappa shape index (κ1) is 15.4. The Labute approximate surface area is 138 Å². The van der Waals surface area contributed by atoms with Crippen LogP contribution in [0.25, 0.3) is 0 Å². The van der Waals surface area contributed by atoms with Gasteiger partial charge in [0.15, 0.2) is 0 Å². The first-order valence-electron chi connectivity index (χ1n) is 8.18. The highest BCUT2D eigenvalue weighted by Crippen LogP contribution is 2.22. The molecule has 0 atom stereocenters. The Kier molecular flexibility index (Phi) is 4.77. The number of hydrogen-bond acceptors (Lipinski definition) is 4. The Morgan fingerprint density at radius 1 is 1.13 bits per heavy atom. The van der Waals surface area contributed by atoms with E-state index in [1.165, 1.54) is 43.6 Å². The summed E-state index contributed by atoms with van der Waals surface area (Å²) in [6.07, 6.45) is 5.67. The van der Waals surface area contributed by atoms with Crippen molar-refractivity contribution >= 4 is 11.5 Å². The third-order valence-corrected chi connectivity index (χ3v) is 4.35. The lowest BCUT2D eigenvalue weighted by Gasteiger charge is -2.29. The summed E-state index contributed by atoms with van der Waals surface area (Å²) in [6.45, 7) is 3.07. The number of piperidine rings is 1. The maximum atomic E-state index is 9.19. The molecular formula is C19H22N4. The van der Waals surface area contributed by atoms with Gasteiger partial charge in [-0.1, -0.05) is 12.1 Å². The summed E-state index contributed by atoms with van der Waals surface area (Å²) in [6, 6.07) is 14.6. The van der Waals surface area contributed by atoms with Crippen LogP contribution >= 0.6 is 0 Å². The third-order valence-electron chi connectivity index (χ3n) is 4.35. The van der Waals surface area contributed by atoms with E-state index >= 15 is 0 Å². The lowest BCUT2D eigenvalue weighted by molar-refractivity contribution is 0.578. The fourth-order valence-electron chi connectivity index (χ4n) is 3.10. The molecule has 0 aliphatic carbocycles. The lowest BCUT2D eigenvalue weighted by Crippen LogP contribution is -2.29. The molecule has 118 valence electrons. The number of pyridine rings is 1. The second kappa shape index (κ2) is 7.15. The van der Waals surface area contributed by atoms with Crippen molar-refractivity contribution in [2.75, 3.05) is 29.9 Å². The zero-order valence-corrected chi connectivity index (χ0v) is 13.6. The minimum absolute atomic E-state index is 0.611. The van der Waals surface area contributed by atoms with Gasteiger partial charge in [0.2, 0.25) is 0 Å². The van der Waals surface area contributed by atoms with Crippen LogP contribution in [0.1, 0.15) is 30.4 Å². The Morgan fingerprint density at radius 2 is 1.87 bits per heavy atom. The summed E-state index contributed by atoms with van der Waals surface area (Å²) in [5, 5.41) is 9.19. The number of anilines is 2. The predicted molar refractivity (Wildman–Crippen MR) is 93.6 cm³/mol. The second-order valence-corrected chi connectivity index (χ2v) is 6.06. The van der Waals surface area contributed by atoms with Gasteiger partial charge in [-0.05, 0) is 49.1 Å². The minimum atomic E-state index is 0.611. The molecule has 1 saturated heterocycles. The van der Waals surface area contributed by atoms with E-state index in [1.807, 2.05) is 11.9 Å². The fraction of sp³-hybridized carbons (Fsp3) is 0.368. The molecule has 1 aromatic carbocycles. The maximum Gasteiger partial charge on any atom is 0.146 e. The van der Waals surface area contributed by atoms with E-state index in [0.29, 0.717) is 5.56 Å². The zero-order chi connectivity index (χ0) is 16.1. The van der Waals surface area contributed by atoms with E-state index in [0.717, 1.165) is 12.4 Å². The molecule has 0 radical (unpaired) electrons. The van der Waals surface area contributed by atoms with E-state index < -0.39 is 0 Å². The topological polar surface area (TPSA) is 43.2 Å². The van der Waals surface area contributed by atoms with Gasteiger partial charge in [-0.15, -0.1) is 0 Å². The molecule has 1 aromatic heterocycles. The molecule has 0 N–H and O–H groups in total. The summed E-state index contributed by atoms with van der Waals surface area (Å²) in [5.41, 5.74) is 3.15. The van der Waals surface area contributed by atoms with E-state index in [1.54, 1.807) is 18.3 Å². The van der Waals surface area contributed by atoms with Gasteiger partial charge in [0.1, 0.15) is 11.9 Å². The van der Waals surface area contributed by atoms with Crippen molar-refractivity contribution in [1.29, 1.82) is 5.26 Å². The van der Waals surface area contributed by atoms with Crippen molar-refractivity contribution in [1.82, 2.24) is 4.98 Å². The number of benzene rings is 1. The lowest BCUT2D eigenvalue weighted by atomic mass is 10.1. The standard InChI is InChI=1S/C19H22N4/c1-22(19-17(14-20)6-5-11-21-19)15-16-7-9-18(10-8-16)23-12-3-2-4-13-23/h5-11H,2-4,12-13,15H2,1H3. The van der Waals surface area contributed by atoms with Crippen LogP contribution in [0.5, 0.6) is 0 Å². The van der Waals surface area contributed by atoms with Gasteiger partial charge in [-0.2, -0.15) is 5.26 Å². The van der Waals surface area contributed by atoms with Gasteiger partial charge in [0, 0.05) is 38.6 Å². The van der Waals surface area contributed by atoms with Crippen LogP contribution in [0, 0.1) is 11.3 Å². The van der Waals surface area contributed by atoms with Gasteiger partial charge in [-0.3, -0.25) is 0 Å². The van der Waals surface area contributed by atoms with Crippen LogP contribution in [0.2, 0.25) is 0 Å². The summed E-state index contributed by atoms with van der Waals surface area (Å²) >= 11 is 0. The van der Waals surface area contributed by atoms with Crippen molar-refractivity contribution in [3.05, 3.63) is 53.7 Å². The SMILES string of the molecule is CN(Cc1ccc(N2CCCCC2)cc1)c1ncccc1C#N. The quantitative estimate of drug-likeness (QED) is 0.866. The molecule has 2 aromatic rings. The Morgan fingerprint density at radius 3 is 2.57 bits per heavy atom. The number of aromatic nitrogens is 1. The molecule has 0 amide bonds. The van der Waals surface area contributed by atoms with Crippen molar-refractivity contribution in [3.63, 3.8) is 0 Å². The van der Waals surface area contributed by atoms with Crippen molar-refractivity contribution in [3.8, 4) is 6.07 Å². The van der Waals surface area contributed by atoms with E-state index in [4.69, 9.17) is 0 Å². The van der Waals surface area contributed by atoms with Gasteiger partial charge in [0.05, 0.1) is 5.56 Å². The average molecular weight is 306 g/mol. The Bertz CT molecular complexity index is 681. The monoisotopic (exact) mass is 306 g/mol. The molecular weight excluding hydrogens is 284 g/mol. The van der Waals surface area contributed by atoms with Gasteiger partial charge in [-0.25, -0.2) is 4.98 Å². The molecule has 0 spiro atoms. The number of hydrogen-bond donors (Lipinski definition) is 0. The van der Waals surface area contributed by atoms with Crippen LogP contribution in [0.15, 0.2) is 42.6 Å². The molecule has 0 bridgehead atoms. The molecule has 3 rings (SSSR count). The molecule has 4 heteroatoms. The van der Waals surface area contributed by atoms with E-state index in [9.17, 15) is 5.26 Å². The van der Waals surface area contributed by atoms with Crippen molar-refractivity contribution in [2.24, 2.45) is 0 Å². The van der Waals surface area contributed by atoms with Crippen molar-refractivity contribution in [2.45, 2.75) is 25.8 Å². The first-order valence-corrected chi connectivity index (χ1v) is 8.18. The van der Waals surface area contributed by atoms with Gasteiger partial charge < -0.3 is 9.80 Å². The molecule has 4 nitrogen and oxygen atoms in total. The van der Waals surface area contributed by atoms with Crippen LogP contribution in [0.4, 0.5) is 11.5 Å². The highest BCUT2D eigenvalue weighted by atomic mass is 15.2. The zero-order valence-electron chi connectivity index (χ0n) is 13.6. The van der Waals surface area contributed by atoms with E-state index in [-0.39, 0.29) is 0 Å². The van der Waals surface area contributed by atoms with Crippen LogP contribution < -0.4 is 9.80 Å². The van der Waals surface area contributed by atoms with Gasteiger partial charge in [0.25, 0.3) is 0 Å². The van der Waals surface area contributed by atoms with E-state index in [2.05, 4.69) is 40.2 Å². The smallest absolute Gasteiger partial charge is 0.146 e. The number of nitriles is 1. The summed E-state index contributed by atoms with van der Waals surface area (Å²) in [4.78, 5) is 8.82. The largest absolute Gasteiger partial charge is 0.372 e. The van der Waals surface area contributed by atoms with Crippen LogP contribution in [0.3, 0.4) is 0 Å². The molecule has 1 aliphatic heterocycles. The Balaban J connectivity index is 1.69. The van der Waals surface area contributed by atoms with Gasteiger partial charge >= 0.3 is 0 Å². The summed E-state index contributed by atoms with van der Waals surface area (Å²) in [5.74, 6) is 0.732. The number of nitrogens with zero attached hydrogens (tertiary/aromatic N) is 4. The van der Waals surface area contributed by atoms with Crippen molar-refractivity contribution < 1.29 is 0 Å². The minimum Gasteiger partial charge on any atom is -0.372 e. The number of rotatable bonds is 4. The normalized spacial score (nSPS) is 14.3. The molecule has 0 saturated carbocycles. The molecule has 1 fully saturated rings. The molecule has 23 heavy (non-hydrogen) atoms.